The number of rotatable bonds is 3. The van der Waals surface area contributed by atoms with Gasteiger partial charge in [0.15, 0.2) is 5.82 Å². The Balaban J connectivity index is 1.71. The molecule has 1 aromatic carbocycles. The first kappa shape index (κ1) is 14.9. The number of amides is 1. The Labute approximate surface area is 138 Å². The summed E-state index contributed by atoms with van der Waals surface area (Å²) < 4.78 is 12.3. The van der Waals surface area contributed by atoms with Crippen LogP contribution >= 0.6 is 0 Å². The van der Waals surface area contributed by atoms with Gasteiger partial charge in [-0.05, 0) is 6.07 Å². The molecule has 24 heavy (non-hydrogen) atoms. The van der Waals surface area contributed by atoms with Crippen molar-refractivity contribution in [3.05, 3.63) is 48.2 Å². The molecule has 1 aliphatic heterocycles. The second-order valence-electron chi connectivity index (χ2n) is 6.07. The number of aromatic nitrogens is 3. The predicted molar refractivity (Wildman–Crippen MR) is 86.4 cm³/mol. The molecule has 1 N–H and O–H groups in total. The summed E-state index contributed by atoms with van der Waals surface area (Å²) in [5, 5.41) is 8.03. The van der Waals surface area contributed by atoms with Crippen molar-refractivity contribution in [1.82, 2.24) is 20.0 Å². The fourth-order valence-electron chi connectivity index (χ4n) is 3.31. The Morgan fingerprint density at radius 2 is 2.08 bits per heavy atom. The van der Waals surface area contributed by atoms with Crippen LogP contribution in [-0.2, 0) is 17.3 Å². The molecule has 0 saturated carbocycles. The summed E-state index contributed by atoms with van der Waals surface area (Å²) in [5.74, 6) is 0.359. The van der Waals surface area contributed by atoms with Crippen molar-refractivity contribution in [2.24, 2.45) is 7.05 Å². The first-order valence-corrected chi connectivity index (χ1v) is 7.91. The van der Waals surface area contributed by atoms with Crippen LogP contribution in [0.25, 0.3) is 10.9 Å². The maximum Gasteiger partial charge on any atom is 0.254 e. The van der Waals surface area contributed by atoms with Gasteiger partial charge in [-0.1, -0.05) is 23.4 Å². The van der Waals surface area contributed by atoms with Crippen molar-refractivity contribution in [2.45, 2.75) is 18.4 Å². The van der Waals surface area contributed by atoms with E-state index in [0.29, 0.717) is 37.4 Å². The Morgan fingerprint density at radius 1 is 1.29 bits per heavy atom. The summed E-state index contributed by atoms with van der Waals surface area (Å²) in [6.45, 7) is 1.09. The van der Waals surface area contributed by atoms with E-state index in [4.69, 9.17) is 9.26 Å². The van der Waals surface area contributed by atoms with E-state index in [1.54, 1.807) is 0 Å². The first-order valence-electron chi connectivity index (χ1n) is 7.91. The molecule has 1 saturated heterocycles. The van der Waals surface area contributed by atoms with Crippen LogP contribution in [0.15, 0.2) is 41.4 Å². The third-order valence-electron chi connectivity index (χ3n) is 4.63. The van der Waals surface area contributed by atoms with Gasteiger partial charge in [0.25, 0.3) is 5.91 Å². The first-order chi connectivity index (χ1) is 11.7. The largest absolute Gasteiger partial charge is 0.381 e. The summed E-state index contributed by atoms with van der Waals surface area (Å²) in [7, 11) is 1.93. The standard InChI is InChI=1S/C17H18N4O3/c1-21-10-13(12-4-2-3-5-14(12)21)15(22)19-17(6-8-23-9-7-17)16-18-11-24-20-16/h2-5,10-11H,6-9H2,1H3,(H,19,22). The fourth-order valence-corrected chi connectivity index (χ4v) is 3.31. The number of hydrogen-bond donors (Lipinski definition) is 1. The van der Waals surface area contributed by atoms with Crippen molar-refractivity contribution < 1.29 is 14.1 Å². The van der Waals surface area contributed by atoms with Gasteiger partial charge in [-0.25, -0.2) is 0 Å². The van der Waals surface area contributed by atoms with Gasteiger partial charge in [0, 0.05) is 50.2 Å². The number of fused-ring (bicyclic) bond motifs is 1. The van der Waals surface area contributed by atoms with E-state index in [1.165, 1.54) is 6.39 Å². The average molecular weight is 326 g/mol. The minimum absolute atomic E-state index is 0.140. The molecule has 2 aromatic heterocycles. The molecule has 1 aliphatic rings. The highest BCUT2D eigenvalue weighted by atomic mass is 16.5. The van der Waals surface area contributed by atoms with Crippen molar-refractivity contribution in [2.75, 3.05) is 13.2 Å². The second-order valence-corrected chi connectivity index (χ2v) is 6.07. The van der Waals surface area contributed by atoms with Crippen LogP contribution in [0, 0.1) is 0 Å². The van der Waals surface area contributed by atoms with E-state index in [0.717, 1.165) is 10.9 Å². The summed E-state index contributed by atoms with van der Waals surface area (Å²) >= 11 is 0. The lowest BCUT2D eigenvalue weighted by atomic mass is 9.88. The molecule has 3 heterocycles. The highest BCUT2D eigenvalue weighted by Crippen LogP contribution is 2.31. The highest BCUT2D eigenvalue weighted by Gasteiger charge is 2.40. The molecular formula is C17H18N4O3. The summed E-state index contributed by atoms with van der Waals surface area (Å²) in [5.41, 5.74) is 1.00. The molecule has 0 spiro atoms. The monoisotopic (exact) mass is 326 g/mol. The van der Waals surface area contributed by atoms with Crippen LogP contribution in [0.2, 0.25) is 0 Å². The molecule has 1 amide bonds. The zero-order chi connectivity index (χ0) is 16.6. The third kappa shape index (κ3) is 2.37. The molecule has 7 nitrogen and oxygen atoms in total. The van der Waals surface area contributed by atoms with Crippen LogP contribution in [-0.4, -0.2) is 33.8 Å². The Kier molecular flexibility index (Phi) is 3.57. The molecule has 0 atom stereocenters. The fraction of sp³-hybridized carbons (Fsp3) is 0.353. The van der Waals surface area contributed by atoms with Gasteiger partial charge in [-0.15, -0.1) is 0 Å². The Bertz CT molecular complexity index is 863. The van der Waals surface area contributed by atoms with Crippen molar-refractivity contribution in [3.63, 3.8) is 0 Å². The van der Waals surface area contributed by atoms with E-state index >= 15 is 0 Å². The number of carbonyl (C=O) groups is 1. The minimum Gasteiger partial charge on any atom is -0.381 e. The van der Waals surface area contributed by atoms with Crippen LogP contribution in [0.3, 0.4) is 0 Å². The molecule has 4 rings (SSSR count). The zero-order valence-corrected chi connectivity index (χ0v) is 13.4. The van der Waals surface area contributed by atoms with Gasteiger partial charge in [0.1, 0.15) is 5.54 Å². The number of carbonyl (C=O) groups excluding carboxylic acids is 1. The zero-order valence-electron chi connectivity index (χ0n) is 13.4. The topological polar surface area (TPSA) is 82.2 Å². The number of nitrogens with zero attached hydrogens (tertiary/aromatic N) is 3. The molecule has 0 unspecified atom stereocenters. The summed E-state index contributed by atoms with van der Waals surface area (Å²) in [6.07, 6.45) is 4.37. The van der Waals surface area contributed by atoms with Gasteiger partial charge < -0.3 is 19.1 Å². The van der Waals surface area contributed by atoms with E-state index < -0.39 is 5.54 Å². The quantitative estimate of drug-likeness (QED) is 0.796. The molecule has 3 aromatic rings. The molecule has 124 valence electrons. The maximum atomic E-state index is 13.0. The highest BCUT2D eigenvalue weighted by molar-refractivity contribution is 6.07. The predicted octanol–water partition coefficient (Wildman–Crippen LogP) is 2.00. The molecular weight excluding hydrogens is 308 g/mol. The van der Waals surface area contributed by atoms with E-state index in [2.05, 4.69) is 15.5 Å². The minimum atomic E-state index is -0.653. The lowest BCUT2D eigenvalue weighted by Gasteiger charge is -2.35. The molecule has 0 aliphatic carbocycles. The molecule has 1 fully saturated rings. The van der Waals surface area contributed by atoms with E-state index in [-0.39, 0.29) is 5.91 Å². The van der Waals surface area contributed by atoms with Crippen LogP contribution < -0.4 is 5.32 Å². The molecule has 7 heteroatoms. The van der Waals surface area contributed by atoms with Gasteiger partial charge in [-0.2, -0.15) is 4.98 Å². The van der Waals surface area contributed by atoms with Crippen LogP contribution in [0.1, 0.15) is 29.0 Å². The molecule has 0 bridgehead atoms. The van der Waals surface area contributed by atoms with Crippen LogP contribution in [0.5, 0.6) is 0 Å². The normalized spacial score (nSPS) is 17.0. The van der Waals surface area contributed by atoms with Crippen LogP contribution in [0.4, 0.5) is 0 Å². The number of aryl methyl sites for hydroxylation is 1. The number of para-hydroxylation sites is 1. The van der Waals surface area contributed by atoms with Crippen molar-refractivity contribution in [1.29, 1.82) is 0 Å². The van der Waals surface area contributed by atoms with Crippen molar-refractivity contribution >= 4 is 16.8 Å². The Morgan fingerprint density at radius 3 is 2.83 bits per heavy atom. The maximum absolute atomic E-state index is 13.0. The summed E-state index contributed by atoms with van der Waals surface area (Å²) in [4.78, 5) is 17.2. The second kappa shape index (κ2) is 5.76. The summed E-state index contributed by atoms with van der Waals surface area (Å²) in [6, 6.07) is 7.84. The Hall–Kier alpha value is -2.67. The molecule has 0 radical (unpaired) electrons. The SMILES string of the molecule is Cn1cc(C(=O)NC2(c3ncon3)CCOCC2)c2ccccc21. The number of hydrogen-bond acceptors (Lipinski definition) is 5. The smallest absolute Gasteiger partial charge is 0.254 e. The average Bonchev–Trinajstić information content (AvgIpc) is 3.25. The van der Waals surface area contributed by atoms with Crippen molar-refractivity contribution in [3.8, 4) is 0 Å². The van der Waals surface area contributed by atoms with Gasteiger partial charge in [0.2, 0.25) is 6.39 Å². The van der Waals surface area contributed by atoms with Gasteiger partial charge in [0.05, 0.1) is 5.56 Å². The van der Waals surface area contributed by atoms with E-state index in [1.807, 2.05) is 42.1 Å². The third-order valence-corrected chi connectivity index (χ3v) is 4.63. The van der Waals surface area contributed by atoms with E-state index in [9.17, 15) is 4.79 Å². The number of benzene rings is 1. The number of nitrogens with one attached hydrogen (secondary N) is 1. The lowest BCUT2D eigenvalue weighted by molar-refractivity contribution is 0.0306. The van der Waals surface area contributed by atoms with Gasteiger partial charge in [-0.3, -0.25) is 4.79 Å². The lowest BCUT2D eigenvalue weighted by Crippen LogP contribution is -2.50. The number of ether oxygens (including phenoxy) is 1. The van der Waals surface area contributed by atoms with Gasteiger partial charge >= 0.3 is 0 Å².